The van der Waals surface area contributed by atoms with E-state index in [-0.39, 0.29) is 11.5 Å². The van der Waals surface area contributed by atoms with Gasteiger partial charge in [0.05, 0.1) is 33.0 Å². The van der Waals surface area contributed by atoms with Crippen LogP contribution in [0.15, 0.2) is 81.7 Å². The summed E-state index contributed by atoms with van der Waals surface area (Å²) in [5, 5.41) is 2.85. The standard InChI is InChI=1S/C36H34Cl2N4O3S/c1-7-40(8-2)35(44)31-21(4)39-36-42(33(31)32-26-12-10-9-11-23(26)13-16-29(32)45-6)34(43)30(46-36)18-24-17-20(3)41(22(24)5)25-14-15-27(37)28(38)19-25/h9-19,33H,7-8H2,1-6H3/b30-18+/t33-/m0/s1. The van der Waals surface area contributed by atoms with Gasteiger partial charge in [0.1, 0.15) is 11.8 Å². The maximum Gasteiger partial charge on any atom is 0.271 e. The van der Waals surface area contributed by atoms with Crippen molar-refractivity contribution in [3.63, 3.8) is 0 Å². The van der Waals surface area contributed by atoms with Gasteiger partial charge in [0.25, 0.3) is 11.5 Å². The van der Waals surface area contributed by atoms with Gasteiger partial charge in [0.2, 0.25) is 0 Å². The van der Waals surface area contributed by atoms with Crippen LogP contribution in [0.4, 0.5) is 0 Å². The molecule has 3 aromatic carbocycles. The van der Waals surface area contributed by atoms with Gasteiger partial charge < -0.3 is 14.2 Å². The van der Waals surface area contributed by atoms with Crippen LogP contribution >= 0.6 is 34.5 Å². The van der Waals surface area contributed by atoms with E-state index in [4.69, 9.17) is 32.9 Å². The van der Waals surface area contributed by atoms with Crippen LogP contribution in [0.2, 0.25) is 10.0 Å². The van der Waals surface area contributed by atoms with E-state index < -0.39 is 6.04 Å². The van der Waals surface area contributed by atoms with Gasteiger partial charge in [-0.05, 0) is 87.4 Å². The van der Waals surface area contributed by atoms with E-state index in [1.165, 1.54) is 11.3 Å². The van der Waals surface area contributed by atoms with Crippen LogP contribution in [0.25, 0.3) is 22.5 Å². The van der Waals surface area contributed by atoms with Gasteiger partial charge in [-0.1, -0.05) is 64.9 Å². The molecule has 46 heavy (non-hydrogen) atoms. The number of allylic oxidation sites excluding steroid dienone is 1. The second-order valence-corrected chi connectivity index (χ2v) is 13.0. The summed E-state index contributed by atoms with van der Waals surface area (Å²) in [5.74, 6) is 0.452. The third-order valence-electron chi connectivity index (χ3n) is 8.65. The highest BCUT2D eigenvalue weighted by Crippen LogP contribution is 2.40. The number of benzene rings is 3. The first kappa shape index (κ1) is 31.9. The van der Waals surface area contributed by atoms with Gasteiger partial charge in [0, 0.05) is 35.7 Å². The van der Waals surface area contributed by atoms with Crippen molar-refractivity contribution in [1.82, 2.24) is 14.0 Å². The summed E-state index contributed by atoms with van der Waals surface area (Å²) in [6.07, 6.45) is 1.91. The first-order valence-corrected chi connectivity index (χ1v) is 16.7. The number of fused-ring (bicyclic) bond motifs is 2. The number of nitrogens with zero attached hydrogens (tertiary/aromatic N) is 4. The summed E-state index contributed by atoms with van der Waals surface area (Å²) in [6.45, 7) is 10.8. The molecule has 10 heteroatoms. The van der Waals surface area contributed by atoms with Crippen molar-refractivity contribution in [2.75, 3.05) is 20.2 Å². The van der Waals surface area contributed by atoms with Gasteiger partial charge >= 0.3 is 0 Å². The molecule has 1 amide bonds. The lowest BCUT2D eigenvalue weighted by molar-refractivity contribution is -0.127. The minimum Gasteiger partial charge on any atom is -0.496 e. The van der Waals surface area contributed by atoms with Crippen LogP contribution in [-0.2, 0) is 4.79 Å². The molecule has 6 rings (SSSR count). The Bertz CT molecular complexity index is 2240. The number of thiazole rings is 1. The predicted octanol–water partition coefficient (Wildman–Crippen LogP) is 6.98. The third kappa shape index (κ3) is 5.28. The quantitative estimate of drug-likeness (QED) is 0.187. The zero-order chi connectivity index (χ0) is 32.9. The highest BCUT2D eigenvalue weighted by atomic mass is 35.5. The number of carbonyl (C=O) groups is 1. The zero-order valence-electron chi connectivity index (χ0n) is 26.5. The monoisotopic (exact) mass is 672 g/mol. The number of amides is 1. The predicted molar refractivity (Wildman–Crippen MR) is 187 cm³/mol. The summed E-state index contributed by atoms with van der Waals surface area (Å²) < 4.78 is 10.2. The fraction of sp³-hybridized carbons (Fsp3) is 0.250. The molecule has 0 saturated heterocycles. The number of halogens is 2. The molecule has 5 aromatic rings. The Kier molecular flexibility index (Phi) is 8.72. The maximum absolute atomic E-state index is 14.5. The van der Waals surface area contributed by atoms with Crippen molar-refractivity contribution in [2.24, 2.45) is 4.99 Å². The SMILES string of the molecule is CCN(CC)C(=O)C1=C(C)N=c2s/c(=C/c3cc(C)n(-c4ccc(Cl)c(Cl)c4)c3C)c(=O)n2[C@@H]1c1c(OC)ccc2ccccc12. The first-order valence-electron chi connectivity index (χ1n) is 15.1. The van der Waals surface area contributed by atoms with E-state index in [9.17, 15) is 9.59 Å². The van der Waals surface area contributed by atoms with Crippen LogP contribution in [-0.4, -0.2) is 40.1 Å². The molecule has 1 aliphatic heterocycles. The lowest BCUT2D eigenvalue weighted by Crippen LogP contribution is -2.43. The summed E-state index contributed by atoms with van der Waals surface area (Å²) in [6, 6.07) is 18.7. The van der Waals surface area contributed by atoms with Crippen molar-refractivity contribution in [3.05, 3.63) is 124 Å². The van der Waals surface area contributed by atoms with Crippen molar-refractivity contribution >= 4 is 57.3 Å². The normalized spacial score (nSPS) is 14.9. The Morgan fingerprint density at radius 2 is 1.76 bits per heavy atom. The summed E-state index contributed by atoms with van der Waals surface area (Å²) in [4.78, 5) is 35.9. The third-order valence-corrected chi connectivity index (χ3v) is 10.4. The molecular formula is C36H34Cl2N4O3S. The van der Waals surface area contributed by atoms with Gasteiger partial charge in [-0.15, -0.1) is 0 Å². The molecule has 0 unspecified atom stereocenters. The minimum absolute atomic E-state index is 0.148. The van der Waals surface area contributed by atoms with Crippen LogP contribution in [0.5, 0.6) is 5.75 Å². The van der Waals surface area contributed by atoms with Crippen molar-refractivity contribution in [2.45, 2.75) is 40.7 Å². The second-order valence-electron chi connectivity index (χ2n) is 11.2. The fourth-order valence-electron chi connectivity index (χ4n) is 6.38. The zero-order valence-corrected chi connectivity index (χ0v) is 28.8. The Labute approximate surface area is 281 Å². The van der Waals surface area contributed by atoms with Gasteiger partial charge in [-0.3, -0.25) is 14.2 Å². The Morgan fingerprint density at radius 3 is 2.46 bits per heavy atom. The van der Waals surface area contributed by atoms with Crippen molar-refractivity contribution in [1.29, 1.82) is 0 Å². The largest absolute Gasteiger partial charge is 0.496 e. The number of rotatable bonds is 7. The molecule has 0 fully saturated rings. The molecule has 0 spiro atoms. The molecule has 0 aliphatic carbocycles. The summed E-state index contributed by atoms with van der Waals surface area (Å²) >= 11 is 13.8. The molecule has 0 N–H and O–H groups in total. The minimum atomic E-state index is -0.740. The molecule has 2 aromatic heterocycles. The topological polar surface area (TPSA) is 68.8 Å². The van der Waals surface area contributed by atoms with Crippen LogP contribution < -0.4 is 19.6 Å². The lowest BCUT2D eigenvalue weighted by atomic mass is 9.90. The van der Waals surface area contributed by atoms with E-state index in [0.29, 0.717) is 49.5 Å². The van der Waals surface area contributed by atoms with E-state index >= 15 is 0 Å². The Morgan fingerprint density at radius 1 is 1.02 bits per heavy atom. The average molecular weight is 674 g/mol. The summed E-state index contributed by atoms with van der Waals surface area (Å²) in [5.41, 5.74) is 5.29. The van der Waals surface area contributed by atoms with Gasteiger partial charge in [-0.2, -0.15) is 0 Å². The molecule has 1 atom stereocenters. The molecule has 0 saturated carbocycles. The highest BCUT2D eigenvalue weighted by molar-refractivity contribution is 7.07. The summed E-state index contributed by atoms with van der Waals surface area (Å²) in [7, 11) is 1.61. The number of aryl methyl sites for hydroxylation is 1. The first-order chi connectivity index (χ1) is 22.1. The number of likely N-dealkylation sites (N-methyl/N-ethyl adjacent to an activating group) is 1. The van der Waals surface area contributed by atoms with E-state index in [1.807, 2.05) is 95.3 Å². The Hall–Kier alpha value is -4.11. The van der Waals surface area contributed by atoms with E-state index in [1.54, 1.807) is 22.6 Å². The average Bonchev–Trinajstić information content (AvgIpc) is 3.50. The van der Waals surface area contributed by atoms with Crippen molar-refractivity contribution < 1.29 is 9.53 Å². The fourth-order valence-corrected chi connectivity index (χ4v) is 7.71. The van der Waals surface area contributed by atoms with Crippen LogP contribution in [0.1, 0.15) is 49.3 Å². The van der Waals surface area contributed by atoms with E-state index in [2.05, 4.69) is 4.57 Å². The molecule has 0 radical (unpaired) electrons. The number of aromatic nitrogens is 2. The molecule has 7 nitrogen and oxygen atoms in total. The molecule has 1 aliphatic rings. The van der Waals surface area contributed by atoms with Gasteiger partial charge in [0.15, 0.2) is 4.80 Å². The number of hydrogen-bond acceptors (Lipinski definition) is 5. The maximum atomic E-state index is 14.5. The molecule has 3 heterocycles. The second kappa shape index (κ2) is 12.6. The smallest absolute Gasteiger partial charge is 0.271 e. The van der Waals surface area contributed by atoms with Gasteiger partial charge in [-0.25, -0.2) is 4.99 Å². The number of hydrogen-bond donors (Lipinski definition) is 0. The van der Waals surface area contributed by atoms with E-state index in [0.717, 1.165) is 39.0 Å². The molecule has 236 valence electrons. The highest BCUT2D eigenvalue weighted by Gasteiger charge is 2.36. The molecular weight excluding hydrogens is 639 g/mol. The number of ether oxygens (including phenoxy) is 1. The Balaban J connectivity index is 1.61. The number of carbonyl (C=O) groups excluding carboxylic acids is 1. The molecule has 0 bridgehead atoms. The number of methoxy groups -OCH3 is 1. The van der Waals surface area contributed by atoms with Crippen molar-refractivity contribution in [3.8, 4) is 11.4 Å². The lowest BCUT2D eigenvalue weighted by Gasteiger charge is -2.30. The van der Waals surface area contributed by atoms with Crippen LogP contribution in [0.3, 0.4) is 0 Å². The van der Waals surface area contributed by atoms with Crippen LogP contribution in [0, 0.1) is 13.8 Å².